The predicted octanol–water partition coefficient (Wildman–Crippen LogP) is 1.99. The van der Waals surface area contributed by atoms with E-state index >= 15 is 0 Å². The minimum atomic E-state index is -3.33. The van der Waals surface area contributed by atoms with Crippen LogP contribution in [0.2, 0.25) is 0 Å². The number of benzene rings is 1. The number of carboxylic acids is 1. The molecule has 1 N–H and O–H groups in total. The Balaban J connectivity index is 2.92. The molecule has 7 heteroatoms. The molecule has 0 fully saturated rings. The average Bonchev–Trinajstić information content (AvgIpc) is 2.37. The lowest BCUT2D eigenvalue weighted by Gasteiger charge is -2.19. The number of methoxy groups -OCH3 is 1. The van der Waals surface area contributed by atoms with Crippen molar-refractivity contribution in [1.29, 1.82) is 0 Å². The van der Waals surface area contributed by atoms with Gasteiger partial charge in [-0.2, -0.15) is 0 Å². The zero-order chi connectivity index (χ0) is 16.3. The molecule has 6 nitrogen and oxygen atoms in total. The zero-order valence-electron chi connectivity index (χ0n) is 12.5. The van der Waals surface area contributed by atoms with Crippen LogP contribution < -0.4 is 9.47 Å². The summed E-state index contributed by atoms with van der Waals surface area (Å²) in [4.78, 5) is 11.2. The fourth-order valence-electron chi connectivity index (χ4n) is 1.55. The van der Waals surface area contributed by atoms with Crippen molar-refractivity contribution < 1.29 is 27.8 Å². The molecule has 0 saturated carbocycles. The Labute approximate surface area is 124 Å². The van der Waals surface area contributed by atoms with Gasteiger partial charge in [0.2, 0.25) is 0 Å². The van der Waals surface area contributed by atoms with Gasteiger partial charge in [0.25, 0.3) is 0 Å². The third kappa shape index (κ3) is 4.10. The minimum absolute atomic E-state index is 0.0385. The first-order chi connectivity index (χ1) is 9.60. The molecule has 0 aliphatic carbocycles. The molecule has 0 unspecified atom stereocenters. The number of hydrogen-bond acceptors (Lipinski definition) is 5. The molecule has 0 aromatic heterocycles. The van der Waals surface area contributed by atoms with Gasteiger partial charge in [-0.25, -0.2) is 13.2 Å². The smallest absolute Gasteiger partial charge is 0.339 e. The first kappa shape index (κ1) is 17.3. The Hall–Kier alpha value is -1.76. The van der Waals surface area contributed by atoms with Gasteiger partial charge in [0.1, 0.15) is 12.2 Å². The first-order valence-corrected chi connectivity index (χ1v) is 8.01. The number of sulfone groups is 1. The quantitative estimate of drug-likeness (QED) is 0.863. The van der Waals surface area contributed by atoms with Crippen molar-refractivity contribution in [2.24, 2.45) is 0 Å². The number of hydrogen-bond donors (Lipinski definition) is 1. The summed E-state index contributed by atoms with van der Waals surface area (Å²) in [6, 6.07) is 4.46. The van der Waals surface area contributed by atoms with Crippen LogP contribution in [0.15, 0.2) is 18.2 Å². The number of aromatic carboxylic acids is 1. The fourth-order valence-corrected chi connectivity index (χ4v) is 2.47. The van der Waals surface area contributed by atoms with E-state index in [0.717, 1.165) is 0 Å². The van der Waals surface area contributed by atoms with Crippen molar-refractivity contribution in [3.05, 3.63) is 23.8 Å². The number of ether oxygens (including phenoxy) is 2. The molecule has 0 heterocycles. The molecule has 0 aliphatic rings. The second-order valence-electron chi connectivity index (χ2n) is 5.42. The average molecular weight is 316 g/mol. The second kappa shape index (κ2) is 6.34. The van der Waals surface area contributed by atoms with Gasteiger partial charge in [-0.3, -0.25) is 0 Å². The normalized spacial score (nSPS) is 12.0. The zero-order valence-corrected chi connectivity index (χ0v) is 13.4. The number of rotatable bonds is 6. The third-order valence-electron chi connectivity index (χ3n) is 2.96. The van der Waals surface area contributed by atoms with Crippen LogP contribution in [0.25, 0.3) is 0 Å². The van der Waals surface area contributed by atoms with E-state index in [1.54, 1.807) is 26.8 Å². The van der Waals surface area contributed by atoms with E-state index in [1.165, 1.54) is 19.2 Å². The van der Waals surface area contributed by atoms with Gasteiger partial charge >= 0.3 is 5.97 Å². The van der Waals surface area contributed by atoms with Crippen LogP contribution in [-0.2, 0) is 9.84 Å². The first-order valence-electron chi connectivity index (χ1n) is 6.35. The van der Waals surface area contributed by atoms with Gasteiger partial charge in [-0.15, -0.1) is 0 Å². The highest BCUT2D eigenvalue weighted by Gasteiger charge is 2.29. The largest absolute Gasteiger partial charge is 0.493 e. The van der Waals surface area contributed by atoms with Crippen LogP contribution in [0, 0.1) is 0 Å². The fraction of sp³-hybridized carbons (Fsp3) is 0.500. The maximum Gasteiger partial charge on any atom is 0.339 e. The Morgan fingerprint density at radius 3 is 2.38 bits per heavy atom. The summed E-state index contributed by atoms with van der Waals surface area (Å²) in [6.45, 7) is 4.68. The third-order valence-corrected chi connectivity index (χ3v) is 5.53. The molecule has 0 bridgehead atoms. The molecule has 118 valence electrons. The van der Waals surface area contributed by atoms with E-state index in [4.69, 9.17) is 14.6 Å². The van der Waals surface area contributed by atoms with Crippen LogP contribution in [-0.4, -0.2) is 43.7 Å². The van der Waals surface area contributed by atoms with Crippen molar-refractivity contribution in [2.75, 3.05) is 19.5 Å². The Kier molecular flexibility index (Phi) is 5.22. The Bertz CT molecular complexity index is 613. The van der Waals surface area contributed by atoms with Crippen LogP contribution in [0.1, 0.15) is 31.1 Å². The summed E-state index contributed by atoms with van der Waals surface area (Å²) in [5, 5.41) is 9.12. The van der Waals surface area contributed by atoms with E-state index in [9.17, 15) is 13.2 Å². The lowest BCUT2D eigenvalue weighted by Crippen LogP contribution is -2.32. The molecule has 21 heavy (non-hydrogen) atoms. The van der Waals surface area contributed by atoms with Crippen molar-refractivity contribution in [3.63, 3.8) is 0 Å². The lowest BCUT2D eigenvalue weighted by molar-refractivity contribution is 0.0691. The maximum atomic E-state index is 12.0. The summed E-state index contributed by atoms with van der Waals surface area (Å²) >= 11 is 0. The van der Waals surface area contributed by atoms with Crippen LogP contribution >= 0.6 is 0 Å². The molecule has 1 rings (SSSR count). The number of carbonyl (C=O) groups is 1. The van der Waals surface area contributed by atoms with Crippen molar-refractivity contribution in [2.45, 2.75) is 25.5 Å². The summed E-state index contributed by atoms with van der Waals surface area (Å²) in [5.74, 6) is -1.07. The molecule has 0 aliphatic heterocycles. The second-order valence-corrected chi connectivity index (χ2v) is 8.28. The van der Waals surface area contributed by atoms with Crippen molar-refractivity contribution >= 4 is 15.8 Å². The number of carboxylic acid groups (broad SMARTS) is 1. The molecule has 0 spiro atoms. The predicted molar refractivity (Wildman–Crippen MR) is 79.0 cm³/mol. The topological polar surface area (TPSA) is 89.9 Å². The molecule has 0 radical (unpaired) electrons. The van der Waals surface area contributed by atoms with Gasteiger partial charge in [0, 0.05) is 0 Å². The summed E-state index contributed by atoms with van der Waals surface area (Å²) < 4.78 is 33.5. The summed E-state index contributed by atoms with van der Waals surface area (Å²) in [6.07, 6.45) is 0. The SMILES string of the molecule is COc1cccc(C(=O)O)c1OCCS(=O)(=O)C(C)(C)C. The summed E-state index contributed by atoms with van der Waals surface area (Å²) in [7, 11) is -1.95. The highest BCUT2D eigenvalue weighted by atomic mass is 32.2. The summed E-state index contributed by atoms with van der Waals surface area (Å²) in [5.41, 5.74) is -0.0671. The van der Waals surface area contributed by atoms with Crippen LogP contribution in [0.3, 0.4) is 0 Å². The van der Waals surface area contributed by atoms with E-state index in [-0.39, 0.29) is 29.4 Å². The van der Waals surface area contributed by atoms with E-state index in [0.29, 0.717) is 0 Å². The maximum absolute atomic E-state index is 12.0. The molecule has 1 aromatic rings. The molecule has 0 atom stereocenters. The van der Waals surface area contributed by atoms with Gasteiger partial charge < -0.3 is 14.6 Å². The molecule has 0 amide bonds. The van der Waals surface area contributed by atoms with Crippen molar-refractivity contribution in [3.8, 4) is 11.5 Å². The monoisotopic (exact) mass is 316 g/mol. The lowest BCUT2D eigenvalue weighted by atomic mass is 10.2. The molecule has 0 saturated heterocycles. The van der Waals surface area contributed by atoms with Gasteiger partial charge in [-0.1, -0.05) is 6.07 Å². The van der Waals surface area contributed by atoms with Crippen LogP contribution in [0.5, 0.6) is 11.5 Å². The molecular weight excluding hydrogens is 296 g/mol. The molecular formula is C14H20O6S. The molecule has 1 aromatic carbocycles. The van der Waals surface area contributed by atoms with Gasteiger partial charge in [0.05, 0.1) is 17.6 Å². The van der Waals surface area contributed by atoms with Crippen LogP contribution in [0.4, 0.5) is 0 Å². The van der Waals surface area contributed by atoms with Crippen molar-refractivity contribution in [1.82, 2.24) is 0 Å². The van der Waals surface area contributed by atoms with Gasteiger partial charge in [-0.05, 0) is 32.9 Å². The minimum Gasteiger partial charge on any atom is -0.493 e. The Morgan fingerprint density at radius 2 is 1.90 bits per heavy atom. The Morgan fingerprint density at radius 1 is 1.29 bits per heavy atom. The van der Waals surface area contributed by atoms with E-state index < -0.39 is 20.6 Å². The highest BCUT2D eigenvalue weighted by Crippen LogP contribution is 2.31. The number of para-hydroxylation sites is 1. The van der Waals surface area contributed by atoms with E-state index in [2.05, 4.69) is 0 Å². The highest BCUT2D eigenvalue weighted by molar-refractivity contribution is 7.92. The standard InChI is InChI=1S/C14H20O6S/c1-14(2,3)21(17,18)9-8-20-12-10(13(15)16)6-5-7-11(12)19-4/h5-7H,8-9H2,1-4H3,(H,15,16). The van der Waals surface area contributed by atoms with E-state index in [1.807, 2.05) is 0 Å². The van der Waals surface area contributed by atoms with Gasteiger partial charge in [0.15, 0.2) is 21.3 Å².